The van der Waals surface area contributed by atoms with Crippen LogP contribution in [0.25, 0.3) is 5.69 Å². The van der Waals surface area contributed by atoms with Crippen molar-refractivity contribution in [2.45, 2.75) is 19.8 Å². The summed E-state index contributed by atoms with van der Waals surface area (Å²) in [5.74, 6) is -0.392. The first-order valence-electron chi connectivity index (χ1n) is 7.24. The molecule has 2 rings (SSSR count). The largest absolute Gasteiger partial charge is 0.466 e. The number of benzene rings is 1. The van der Waals surface area contributed by atoms with Crippen molar-refractivity contribution in [2.75, 3.05) is 13.2 Å². The molecule has 22 heavy (non-hydrogen) atoms. The van der Waals surface area contributed by atoms with Gasteiger partial charge in [-0.05, 0) is 43.7 Å². The van der Waals surface area contributed by atoms with Crippen LogP contribution in [-0.2, 0) is 9.53 Å². The molecule has 0 fully saturated rings. The molecule has 116 valence electrons. The first kappa shape index (κ1) is 15.8. The number of hydrogen-bond donors (Lipinski definition) is 1. The molecule has 0 aliphatic carbocycles. The normalized spacial score (nSPS) is 10.2. The number of rotatable bonds is 7. The maximum absolute atomic E-state index is 12.0. The molecule has 1 amide bonds. The molecule has 1 N–H and O–H groups in total. The molecule has 1 heterocycles. The lowest BCUT2D eigenvalue weighted by Crippen LogP contribution is -2.25. The maximum Gasteiger partial charge on any atom is 0.305 e. The van der Waals surface area contributed by atoms with Gasteiger partial charge < -0.3 is 10.1 Å². The Morgan fingerprint density at radius 3 is 2.68 bits per heavy atom. The Labute approximate surface area is 129 Å². The number of nitrogens with one attached hydrogen (secondary N) is 1. The average molecular weight is 301 g/mol. The molecule has 0 aliphatic rings. The highest BCUT2D eigenvalue weighted by Crippen LogP contribution is 2.08. The highest BCUT2D eigenvalue weighted by Gasteiger charge is 2.06. The summed E-state index contributed by atoms with van der Waals surface area (Å²) in [5.41, 5.74) is 1.47. The van der Waals surface area contributed by atoms with Crippen LogP contribution in [0.4, 0.5) is 0 Å². The number of amides is 1. The number of ether oxygens (including phenoxy) is 1. The van der Waals surface area contributed by atoms with Crippen LogP contribution < -0.4 is 5.32 Å². The minimum atomic E-state index is -0.236. The number of aromatic nitrogens is 2. The van der Waals surface area contributed by atoms with E-state index in [2.05, 4.69) is 10.4 Å². The Morgan fingerprint density at radius 1 is 1.27 bits per heavy atom. The lowest BCUT2D eigenvalue weighted by atomic mass is 10.2. The van der Waals surface area contributed by atoms with E-state index in [1.807, 2.05) is 24.4 Å². The molecule has 0 bridgehead atoms. The van der Waals surface area contributed by atoms with Gasteiger partial charge in [0.15, 0.2) is 0 Å². The molecular formula is C16H19N3O3. The molecule has 0 unspecified atom stereocenters. The van der Waals surface area contributed by atoms with E-state index < -0.39 is 0 Å². The zero-order chi connectivity index (χ0) is 15.8. The predicted octanol–water partition coefficient (Wildman–Crippen LogP) is 1.95. The van der Waals surface area contributed by atoms with Crippen molar-refractivity contribution >= 4 is 11.9 Å². The van der Waals surface area contributed by atoms with Gasteiger partial charge >= 0.3 is 5.97 Å². The number of esters is 1. The molecule has 0 radical (unpaired) electrons. The second-order valence-corrected chi connectivity index (χ2v) is 4.66. The number of nitrogens with zero attached hydrogens (tertiary/aromatic N) is 2. The molecule has 0 spiro atoms. The van der Waals surface area contributed by atoms with Crippen LogP contribution in [0.15, 0.2) is 42.7 Å². The lowest BCUT2D eigenvalue weighted by Gasteiger charge is -2.06. The lowest BCUT2D eigenvalue weighted by molar-refractivity contribution is -0.143. The van der Waals surface area contributed by atoms with E-state index in [1.165, 1.54) is 0 Å². The minimum absolute atomic E-state index is 0.157. The topological polar surface area (TPSA) is 73.2 Å². The van der Waals surface area contributed by atoms with Crippen LogP contribution in [0.5, 0.6) is 0 Å². The Bertz CT molecular complexity index is 606. The van der Waals surface area contributed by atoms with Crippen molar-refractivity contribution < 1.29 is 14.3 Å². The molecule has 1 aromatic heterocycles. The first-order valence-corrected chi connectivity index (χ1v) is 7.24. The number of hydrogen-bond acceptors (Lipinski definition) is 4. The summed E-state index contributed by atoms with van der Waals surface area (Å²) >= 11 is 0. The number of carbonyl (C=O) groups excluding carboxylic acids is 2. The van der Waals surface area contributed by atoms with Crippen molar-refractivity contribution in [3.63, 3.8) is 0 Å². The van der Waals surface area contributed by atoms with Gasteiger partial charge in [0.05, 0.1) is 12.3 Å². The zero-order valence-electron chi connectivity index (χ0n) is 12.5. The Morgan fingerprint density at radius 2 is 2.05 bits per heavy atom. The Hall–Kier alpha value is -2.63. The van der Waals surface area contributed by atoms with E-state index in [4.69, 9.17) is 4.74 Å². The highest BCUT2D eigenvalue weighted by molar-refractivity contribution is 5.94. The van der Waals surface area contributed by atoms with Gasteiger partial charge in [-0.2, -0.15) is 5.10 Å². The van der Waals surface area contributed by atoms with Crippen molar-refractivity contribution in [1.82, 2.24) is 15.1 Å². The van der Waals surface area contributed by atoms with Gasteiger partial charge in [-0.1, -0.05) is 0 Å². The average Bonchev–Trinajstić information content (AvgIpc) is 3.06. The highest BCUT2D eigenvalue weighted by atomic mass is 16.5. The summed E-state index contributed by atoms with van der Waals surface area (Å²) in [5, 5.41) is 6.91. The van der Waals surface area contributed by atoms with Gasteiger partial charge in [0.2, 0.25) is 0 Å². The van der Waals surface area contributed by atoms with Crippen LogP contribution in [0.3, 0.4) is 0 Å². The molecule has 6 heteroatoms. The summed E-state index contributed by atoms with van der Waals surface area (Å²) in [6.45, 7) is 2.60. The fourth-order valence-corrected chi connectivity index (χ4v) is 1.96. The van der Waals surface area contributed by atoms with E-state index >= 15 is 0 Å². The monoisotopic (exact) mass is 301 g/mol. The smallest absolute Gasteiger partial charge is 0.305 e. The molecule has 0 saturated heterocycles. The van der Waals surface area contributed by atoms with Crippen LogP contribution in [0.2, 0.25) is 0 Å². The molecule has 1 aromatic carbocycles. The summed E-state index contributed by atoms with van der Waals surface area (Å²) in [6.07, 6.45) is 4.41. The zero-order valence-corrected chi connectivity index (χ0v) is 12.5. The quantitative estimate of drug-likeness (QED) is 0.626. The predicted molar refractivity (Wildman–Crippen MR) is 81.8 cm³/mol. The molecule has 0 atom stereocenters. The van der Waals surface area contributed by atoms with Gasteiger partial charge in [-0.15, -0.1) is 0 Å². The fraction of sp³-hybridized carbons (Fsp3) is 0.312. The first-order chi connectivity index (χ1) is 10.7. The third kappa shape index (κ3) is 4.44. The van der Waals surface area contributed by atoms with Crippen LogP contribution in [-0.4, -0.2) is 34.8 Å². The van der Waals surface area contributed by atoms with E-state index in [0.29, 0.717) is 31.6 Å². The Balaban J connectivity index is 1.79. The summed E-state index contributed by atoms with van der Waals surface area (Å²) in [6, 6.07) is 9.00. The molecule has 0 aliphatic heterocycles. The second-order valence-electron chi connectivity index (χ2n) is 4.66. The minimum Gasteiger partial charge on any atom is -0.466 e. The van der Waals surface area contributed by atoms with Gasteiger partial charge in [-0.3, -0.25) is 9.59 Å². The summed E-state index contributed by atoms with van der Waals surface area (Å²) in [7, 11) is 0. The second kappa shape index (κ2) is 7.97. The molecule has 6 nitrogen and oxygen atoms in total. The van der Waals surface area contributed by atoms with Crippen molar-refractivity contribution in [3.05, 3.63) is 48.3 Å². The van der Waals surface area contributed by atoms with Gasteiger partial charge in [0.1, 0.15) is 0 Å². The standard InChI is InChI=1S/C16H19N3O3/c1-2-22-15(20)5-3-10-17-16(21)13-6-8-14(9-7-13)19-12-4-11-18-19/h4,6-9,11-12H,2-3,5,10H2,1H3,(H,17,21). The fourth-order valence-electron chi connectivity index (χ4n) is 1.96. The summed E-state index contributed by atoms with van der Waals surface area (Å²) in [4.78, 5) is 23.1. The van der Waals surface area contributed by atoms with E-state index in [-0.39, 0.29) is 11.9 Å². The van der Waals surface area contributed by atoms with E-state index in [1.54, 1.807) is 29.9 Å². The molecule has 0 saturated carbocycles. The molecule has 2 aromatic rings. The van der Waals surface area contributed by atoms with Gasteiger partial charge in [0, 0.05) is 30.9 Å². The van der Waals surface area contributed by atoms with Crippen LogP contribution in [0.1, 0.15) is 30.1 Å². The third-order valence-electron chi connectivity index (χ3n) is 3.05. The SMILES string of the molecule is CCOC(=O)CCCNC(=O)c1ccc(-n2cccn2)cc1. The van der Waals surface area contributed by atoms with E-state index in [9.17, 15) is 9.59 Å². The maximum atomic E-state index is 12.0. The van der Waals surface area contributed by atoms with Crippen LogP contribution in [0, 0.1) is 0 Å². The van der Waals surface area contributed by atoms with Crippen molar-refractivity contribution in [1.29, 1.82) is 0 Å². The van der Waals surface area contributed by atoms with Crippen molar-refractivity contribution in [2.24, 2.45) is 0 Å². The van der Waals surface area contributed by atoms with Crippen LogP contribution >= 0.6 is 0 Å². The van der Waals surface area contributed by atoms with Gasteiger partial charge in [0.25, 0.3) is 5.91 Å². The summed E-state index contributed by atoms with van der Waals surface area (Å²) < 4.78 is 6.55. The van der Waals surface area contributed by atoms with Crippen molar-refractivity contribution in [3.8, 4) is 5.69 Å². The molecular weight excluding hydrogens is 282 g/mol. The third-order valence-corrected chi connectivity index (χ3v) is 3.05. The van der Waals surface area contributed by atoms with E-state index in [0.717, 1.165) is 5.69 Å². The van der Waals surface area contributed by atoms with Gasteiger partial charge in [-0.25, -0.2) is 4.68 Å². The Kier molecular flexibility index (Phi) is 5.71. The number of carbonyl (C=O) groups is 2.